The average Bonchev–Trinajstić information content (AvgIpc) is 2.55. The van der Waals surface area contributed by atoms with Crippen molar-refractivity contribution in [2.24, 2.45) is 0 Å². The Kier molecular flexibility index (Phi) is 7.66. The first-order valence-electron chi connectivity index (χ1n) is 7.92. The van der Waals surface area contributed by atoms with E-state index in [0.29, 0.717) is 5.56 Å². The molecule has 2 rings (SSSR count). The molecule has 1 aliphatic heterocycles. The van der Waals surface area contributed by atoms with E-state index in [2.05, 4.69) is 10.6 Å². The lowest BCUT2D eigenvalue weighted by Crippen LogP contribution is -2.45. The van der Waals surface area contributed by atoms with E-state index in [1.807, 2.05) is 13.8 Å². The maximum atomic E-state index is 12.5. The topological polar surface area (TPSA) is 78.5 Å². The quantitative estimate of drug-likeness (QED) is 0.819. The van der Waals surface area contributed by atoms with Crippen molar-refractivity contribution in [3.8, 4) is 0 Å². The molecule has 0 spiro atoms. The van der Waals surface area contributed by atoms with Gasteiger partial charge in [-0.25, -0.2) is 8.42 Å². The van der Waals surface area contributed by atoms with E-state index < -0.39 is 10.0 Å². The molecule has 1 amide bonds. The molecule has 0 saturated carbocycles. The Labute approximate surface area is 150 Å². The second-order valence-electron chi connectivity index (χ2n) is 6.16. The van der Waals surface area contributed by atoms with Gasteiger partial charge in [0.05, 0.1) is 4.90 Å². The molecule has 0 radical (unpaired) electrons. The molecule has 6 nitrogen and oxygen atoms in total. The molecular weight excluding hydrogens is 350 g/mol. The number of rotatable bonds is 5. The number of carbonyl (C=O) groups is 1. The van der Waals surface area contributed by atoms with Crippen LogP contribution in [0.1, 0.15) is 37.0 Å². The molecule has 2 N–H and O–H groups in total. The molecule has 1 aromatic carbocycles. The minimum atomic E-state index is -3.59. The van der Waals surface area contributed by atoms with Gasteiger partial charge in [0.25, 0.3) is 5.91 Å². The highest BCUT2D eigenvalue weighted by molar-refractivity contribution is 7.89. The third-order valence-corrected chi connectivity index (χ3v) is 6.16. The van der Waals surface area contributed by atoms with E-state index in [1.165, 1.54) is 16.4 Å². The second kappa shape index (κ2) is 8.80. The number of piperidine rings is 1. The Hall–Kier alpha value is -1.15. The molecule has 1 aliphatic rings. The normalized spacial score (nSPS) is 18.3. The lowest BCUT2D eigenvalue weighted by Gasteiger charge is -2.24. The minimum absolute atomic E-state index is 0. The van der Waals surface area contributed by atoms with Crippen LogP contribution < -0.4 is 10.6 Å². The Bertz CT molecular complexity index is 658. The zero-order chi connectivity index (χ0) is 17.0. The van der Waals surface area contributed by atoms with Crippen LogP contribution in [0.25, 0.3) is 0 Å². The Morgan fingerprint density at radius 2 is 2.08 bits per heavy atom. The van der Waals surface area contributed by atoms with Crippen molar-refractivity contribution < 1.29 is 13.2 Å². The van der Waals surface area contributed by atoms with Gasteiger partial charge in [-0.05, 0) is 51.4 Å². The van der Waals surface area contributed by atoms with Gasteiger partial charge in [-0.1, -0.05) is 6.07 Å². The van der Waals surface area contributed by atoms with Crippen LogP contribution in [0, 0.1) is 0 Å². The highest BCUT2D eigenvalue weighted by Crippen LogP contribution is 2.18. The van der Waals surface area contributed by atoms with Gasteiger partial charge in [0.1, 0.15) is 0 Å². The van der Waals surface area contributed by atoms with Crippen LogP contribution in [0.2, 0.25) is 0 Å². The molecule has 1 aromatic rings. The smallest absolute Gasteiger partial charge is 0.251 e. The van der Waals surface area contributed by atoms with Gasteiger partial charge >= 0.3 is 0 Å². The highest BCUT2D eigenvalue weighted by Gasteiger charge is 2.24. The predicted molar refractivity (Wildman–Crippen MR) is 97.1 cm³/mol. The maximum absolute atomic E-state index is 12.5. The standard InChI is InChI=1S/C16H25N3O3S.ClH/c1-12(2)19(3)23(21,22)15-8-4-6-13(10-15)16(20)18-14-7-5-9-17-11-14;/h4,6,8,10,12,14,17H,5,7,9,11H2,1-3H3,(H,18,20);1H/t14-;/m0./s1. The molecule has 8 heteroatoms. The van der Waals surface area contributed by atoms with Crippen LogP contribution in [0.4, 0.5) is 0 Å². The largest absolute Gasteiger partial charge is 0.348 e. The zero-order valence-corrected chi connectivity index (χ0v) is 15.9. The zero-order valence-electron chi connectivity index (χ0n) is 14.3. The van der Waals surface area contributed by atoms with Gasteiger partial charge < -0.3 is 10.6 Å². The van der Waals surface area contributed by atoms with Gasteiger partial charge in [-0.2, -0.15) is 4.31 Å². The Balaban J connectivity index is 0.00000288. The van der Waals surface area contributed by atoms with Gasteiger partial charge in [0.2, 0.25) is 10.0 Å². The molecule has 0 aliphatic carbocycles. The molecule has 0 bridgehead atoms. The number of nitrogens with zero attached hydrogens (tertiary/aromatic N) is 1. The summed E-state index contributed by atoms with van der Waals surface area (Å²) in [6, 6.07) is 6.16. The highest BCUT2D eigenvalue weighted by atomic mass is 35.5. The fourth-order valence-electron chi connectivity index (χ4n) is 2.49. The Morgan fingerprint density at radius 3 is 2.67 bits per heavy atom. The average molecular weight is 376 g/mol. The lowest BCUT2D eigenvalue weighted by atomic mass is 10.1. The monoisotopic (exact) mass is 375 g/mol. The first kappa shape index (κ1) is 20.9. The molecule has 1 heterocycles. The summed E-state index contributed by atoms with van der Waals surface area (Å²) >= 11 is 0. The van der Waals surface area contributed by atoms with Crippen molar-refractivity contribution in [3.63, 3.8) is 0 Å². The summed E-state index contributed by atoms with van der Waals surface area (Å²) in [4.78, 5) is 12.5. The summed E-state index contributed by atoms with van der Waals surface area (Å²) in [5.74, 6) is -0.233. The first-order valence-corrected chi connectivity index (χ1v) is 9.36. The fourth-order valence-corrected chi connectivity index (χ4v) is 3.90. The number of carbonyl (C=O) groups excluding carboxylic acids is 1. The van der Waals surface area contributed by atoms with E-state index in [9.17, 15) is 13.2 Å². The van der Waals surface area contributed by atoms with E-state index in [4.69, 9.17) is 0 Å². The van der Waals surface area contributed by atoms with Crippen LogP contribution in [0.3, 0.4) is 0 Å². The predicted octanol–water partition coefficient (Wildman–Crippen LogP) is 1.62. The van der Waals surface area contributed by atoms with Crippen molar-refractivity contribution in [1.82, 2.24) is 14.9 Å². The van der Waals surface area contributed by atoms with Crippen molar-refractivity contribution in [1.29, 1.82) is 0 Å². The minimum Gasteiger partial charge on any atom is -0.348 e. The molecule has 0 aromatic heterocycles. The van der Waals surface area contributed by atoms with Gasteiger partial charge in [0, 0.05) is 31.2 Å². The third-order valence-electron chi connectivity index (χ3n) is 4.13. The number of halogens is 1. The summed E-state index contributed by atoms with van der Waals surface area (Å²) < 4.78 is 26.3. The maximum Gasteiger partial charge on any atom is 0.251 e. The molecule has 1 fully saturated rings. The van der Waals surface area contributed by atoms with Crippen LogP contribution in [0.15, 0.2) is 29.2 Å². The summed E-state index contributed by atoms with van der Waals surface area (Å²) in [6.45, 7) is 5.34. The van der Waals surface area contributed by atoms with E-state index in [-0.39, 0.29) is 35.3 Å². The van der Waals surface area contributed by atoms with E-state index in [1.54, 1.807) is 19.2 Å². The van der Waals surface area contributed by atoms with Crippen molar-refractivity contribution in [3.05, 3.63) is 29.8 Å². The van der Waals surface area contributed by atoms with Crippen molar-refractivity contribution >= 4 is 28.3 Å². The van der Waals surface area contributed by atoms with Gasteiger partial charge in [-0.15, -0.1) is 12.4 Å². The van der Waals surface area contributed by atoms with Crippen molar-refractivity contribution in [2.75, 3.05) is 20.1 Å². The van der Waals surface area contributed by atoms with E-state index >= 15 is 0 Å². The van der Waals surface area contributed by atoms with Crippen LogP contribution in [-0.2, 0) is 10.0 Å². The molecule has 24 heavy (non-hydrogen) atoms. The van der Waals surface area contributed by atoms with E-state index in [0.717, 1.165) is 25.9 Å². The number of nitrogens with one attached hydrogen (secondary N) is 2. The fraction of sp³-hybridized carbons (Fsp3) is 0.562. The third kappa shape index (κ3) is 4.92. The number of hydrogen-bond acceptors (Lipinski definition) is 4. The number of benzene rings is 1. The summed E-state index contributed by atoms with van der Waals surface area (Å²) in [5.41, 5.74) is 0.369. The molecular formula is C16H26ClN3O3S. The summed E-state index contributed by atoms with van der Waals surface area (Å²) in [7, 11) is -2.04. The molecule has 1 atom stereocenters. The van der Waals surface area contributed by atoms with Gasteiger partial charge in [0.15, 0.2) is 0 Å². The number of sulfonamides is 1. The number of hydrogen-bond donors (Lipinski definition) is 2. The Morgan fingerprint density at radius 1 is 1.38 bits per heavy atom. The molecule has 136 valence electrons. The van der Waals surface area contributed by atoms with Crippen LogP contribution in [0.5, 0.6) is 0 Å². The summed E-state index contributed by atoms with van der Waals surface area (Å²) in [6.07, 6.45) is 1.96. The molecule has 0 unspecified atom stereocenters. The lowest BCUT2D eigenvalue weighted by molar-refractivity contribution is 0.0930. The van der Waals surface area contributed by atoms with Crippen molar-refractivity contribution in [2.45, 2.75) is 43.7 Å². The molecule has 1 saturated heterocycles. The van der Waals surface area contributed by atoms with Gasteiger partial charge in [-0.3, -0.25) is 4.79 Å². The second-order valence-corrected chi connectivity index (χ2v) is 8.16. The number of amides is 1. The summed E-state index contributed by atoms with van der Waals surface area (Å²) in [5, 5.41) is 6.19. The SMILES string of the molecule is CC(C)N(C)S(=O)(=O)c1cccc(C(=O)N[C@H]2CCCNC2)c1.Cl. The first-order chi connectivity index (χ1) is 10.8. The van der Waals surface area contributed by atoms with Crippen LogP contribution in [-0.4, -0.2) is 50.9 Å². The van der Waals surface area contributed by atoms with Crippen LogP contribution >= 0.6 is 12.4 Å².